The number of nitrogens with zero attached hydrogens (tertiary/aromatic N) is 2. The molecule has 0 radical (unpaired) electrons. The van der Waals surface area contributed by atoms with Gasteiger partial charge in [-0.2, -0.15) is 10.4 Å². The summed E-state index contributed by atoms with van der Waals surface area (Å²) >= 11 is 0. The Balaban J connectivity index is 1.97. The molecule has 0 bridgehead atoms. The Labute approximate surface area is 134 Å². The zero-order chi connectivity index (χ0) is 16.9. The number of carbonyl (C=O) groups is 1. The largest absolute Gasteiger partial charge is 0.497 e. The normalized spacial score (nSPS) is 19.7. The molecule has 1 aromatic rings. The number of hydrazone groups is 1. The Kier molecular flexibility index (Phi) is 5.18. The first-order chi connectivity index (χ1) is 10.9. The van der Waals surface area contributed by atoms with Crippen molar-refractivity contribution in [3.63, 3.8) is 0 Å². The number of sulfone groups is 1. The molecule has 1 amide bonds. The van der Waals surface area contributed by atoms with Gasteiger partial charge in [0.2, 0.25) is 5.71 Å². The van der Waals surface area contributed by atoms with Gasteiger partial charge in [-0.3, -0.25) is 10.2 Å². The van der Waals surface area contributed by atoms with Crippen molar-refractivity contribution >= 4 is 27.1 Å². The summed E-state index contributed by atoms with van der Waals surface area (Å²) in [5.41, 5.74) is 2.81. The minimum absolute atomic E-state index is 0.0427. The van der Waals surface area contributed by atoms with Crippen molar-refractivity contribution in [3.05, 3.63) is 24.3 Å². The van der Waals surface area contributed by atoms with Crippen LogP contribution in [0.5, 0.6) is 5.75 Å². The maximum atomic E-state index is 11.9. The van der Waals surface area contributed by atoms with E-state index in [0.717, 1.165) is 0 Å². The second-order valence-corrected chi connectivity index (χ2v) is 7.21. The number of rotatable bonds is 5. The van der Waals surface area contributed by atoms with Crippen molar-refractivity contribution in [2.45, 2.75) is 12.5 Å². The van der Waals surface area contributed by atoms with Gasteiger partial charge in [-0.1, -0.05) is 0 Å². The lowest BCUT2D eigenvalue weighted by atomic mass is 10.2. The Morgan fingerprint density at radius 1 is 1.39 bits per heavy atom. The molecule has 2 N–H and O–H groups in total. The lowest BCUT2D eigenvalue weighted by Crippen LogP contribution is -2.39. The van der Waals surface area contributed by atoms with E-state index in [1.54, 1.807) is 37.4 Å². The van der Waals surface area contributed by atoms with Crippen LogP contribution in [0.1, 0.15) is 6.42 Å². The number of methoxy groups -OCH3 is 1. The fourth-order valence-electron chi connectivity index (χ4n) is 2.08. The average Bonchev–Trinajstić information content (AvgIpc) is 2.87. The highest BCUT2D eigenvalue weighted by atomic mass is 32.2. The number of hydrogen-bond donors (Lipinski definition) is 2. The van der Waals surface area contributed by atoms with Crippen LogP contribution in [-0.2, 0) is 14.6 Å². The molecule has 1 aromatic carbocycles. The fourth-order valence-corrected chi connectivity index (χ4v) is 3.75. The predicted molar refractivity (Wildman–Crippen MR) is 84.9 cm³/mol. The van der Waals surface area contributed by atoms with Gasteiger partial charge in [0, 0.05) is 6.04 Å². The van der Waals surface area contributed by atoms with Crippen molar-refractivity contribution in [3.8, 4) is 11.8 Å². The first kappa shape index (κ1) is 16.8. The highest BCUT2D eigenvalue weighted by Crippen LogP contribution is 2.15. The summed E-state index contributed by atoms with van der Waals surface area (Å²) in [6.45, 7) is 0. The summed E-state index contributed by atoms with van der Waals surface area (Å²) in [7, 11) is -1.56. The molecule has 1 fully saturated rings. The van der Waals surface area contributed by atoms with Crippen molar-refractivity contribution in [1.29, 1.82) is 5.26 Å². The van der Waals surface area contributed by atoms with E-state index in [-0.39, 0.29) is 17.2 Å². The van der Waals surface area contributed by atoms with Crippen LogP contribution in [0.15, 0.2) is 29.4 Å². The Morgan fingerprint density at radius 2 is 2.09 bits per heavy atom. The van der Waals surface area contributed by atoms with Crippen LogP contribution in [0.2, 0.25) is 0 Å². The van der Waals surface area contributed by atoms with Gasteiger partial charge in [0.15, 0.2) is 9.84 Å². The maximum Gasteiger partial charge on any atom is 0.282 e. The summed E-state index contributed by atoms with van der Waals surface area (Å²) in [6.07, 6.45) is 0.346. The SMILES string of the molecule is COc1ccc(N/N=C(/C#N)C(=O)NC2CCS(=O)(=O)C2)cc1. The number of benzene rings is 1. The third-order valence-electron chi connectivity index (χ3n) is 3.28. The minimum atomic E-state index is -3.10. The lowest BCUT2D eigenvalue weighted by molar-refractivity contribution is -0.115. The summed E-state index contributed by atoms with van der Waals surface area (Å²) < 4.78 is 27.7. The van der Waals surface area contributed by atoms with Crippen LogP contribution >= 0.6 is 0 Å². The lowest BCUT2D eigenvalue weighted by Gasteiger charge is -2.09. The number of ether oxygens (including phenoxy) is 1. The van der Waals surface area contributed by atoms with Gasteiger partial charge in [-0.15, -0.1) is 0 Å². The summed E-state index contributed by atoms with van der Waals surface area (Å²) in [5.74, 6) is -0.0967. The van der Waals surface area contributed by atoms with Crippen LogP contribution in [0.4, 0.5) is 5.69 Å². The van der Waals surface area contributed by atoms with Crippen molar-refractivity contribution in [1.82, 2.24) is 5.32 Å². The molecule has 0 saturated carbocycles. The van der Waals surface area contributed by atoms with E-state index in [4.69, 9.17) is 10.00 Å². The van der Waals surface area contributed by atoms with Crippen molar-refractivity contribution < 1.29 is 17.9 Å². The molecule has 0 spiro atoms. The molecule has 9 heteroatoms. The minimum Gasteiger partial charge on any atom is -0.497 e. The van der Waals surface area contributed by atoms with E-state index in [0.29, 0.717) is 17.9 Å². The number of nitriles is 1. The molecular formula is C14H16N4O4S. The van der Waals surface area contributed by atoms with Gasteiger partial charge in [-0.25, -0.2) is 8.42 Å². The molecule has 1 aliphatic heterocycles. The monoisotopic (exact) mass is 336 g/mol. The molecule has 0 aromatic heterocycles. The highest BCUT2D eigenvalue weighted by Gasteiger charge is 2.29. The summed E-state index contributed by atoms with van der Waals surface area (Å²) in [6, 6.07) is 7.97. The maximum absolute atomic E-state index is 11.9. The van der Waals surface area contributed by atoms with Crippen molar-refractivity contribution in [2.24, 2.45) is 5.10 Å². The second kappa shape index (κ2) is 7.11. The molecule has 1 heterocycles. The molecule has 1 unspecified atom stereocenters. The number of anilines is 1. The molecule has 2 rings (SSSR count). The second-order valence-electron chi connectivity index (χ2n) is 4.99. The molecule has 122 valence electrons. The standard InChI is InChI=1S/C14H16N4O4S/c1-22-12-4-2-10(3-5-12)17-18-13(8-15)14(19)16-11-6-7-23(20,21)9-11/h2-5,11,17H,6-7,9H2,1H3,(H,16,19)/b18-13-. The van der Waals surface area contributed by atoms with Gasteiger partial charge in [0.1, 0.15) is 11.8 Å². The molecule has 1 aliphatic rings. The fraction of sp³-hybridized carbons (Fsp3) is 0.357. The Bertz CT molecular complexity index is 750. The molecule has 0 aliphatic carbocycles. The van der Waals surface area contributed by atoms with E-state index >= 15 is 0 Å². The quantitative estimate of drug-likeness (QED) is 0.589. The molecular weight excluding hydrogens is 320 g/mol. The van der Waals surface area contributed by atoms with Gasteiger partial charge in [-0.05, 0) is 30.7 Å². The van der Waals surface area contributed by atoms with Crippen LogP contribution in [0.25, 0.3) is 0 Å². The Hall–Kier alpha value is -2.60. The van der Waals surface area contributed by atoms with Gasteiger partial charge < -0.3 is 10.1 Å². The smallest absolute Gasteiger partial charge is 0.282 e. The molecule has 8 nitrogen and oxygen atoms in total. The summed E-state index contributed by atoms with van der Waals surface area (Å²) in [5, 5.41) is 15.3. The van der Waals surface area contributed by atoms with Crippen LogP contribution in [-0.4, -0.2) is 44.7 Å². The third kappa shape index (κ3) is 4.69. The zero-order valence-electron chi connectivity index (χ0n) is 12.4. The molecule has 1 atom stereocenters. The van der Waals surface area contributed by atoms with E-state index in [1.165, 1.54) is 0 Å². The molecule has 23 heavy (non-hydrogen) atoms. The first-order valence-electron chi connectivity index (χ1n) is 6.82. The Morgan fingerprint density at radius 3 is 2.61 bits per heavy atom. The number of amides is 1. The number of nitrogens with one attached hydrogen (secondary N) is 2. The molecule has 1 saturated heterocycles. The van der Waals surface area contributed by atoms with E-state index < -0.39 is 21.8 Å². The van der Waals surface area contributed by atoms with Crippen LogP contribution < -0.4 is 15.5 Å². The van der Waals surface area contributed by atoms with Crippen LogP contribution in [0.3, 0.4) is 0 Å². The zero-order valence-corrected chi connectivity index (χ0v) is 13.3. The number of carbonyl (C=O) groups excluding carboxylic acids is 1. The predicted octanol–water partition coefficient (Wildman–Crippen LogP) is 0.290. The van der Waals surface area contributed by atoms with Crippen LogP contribution in [0, 0.1) is 11.3 Å². The van der Waals surface area contributed by atoms with E-state index in [2.05, 4.69) is 15.8 Å². The van der Waals surface area contributed by atoms with E-state index in [9.17, 15) is 13.2 Å². The van der Waals surface area contributed by atoms with Gasteiger partial charge >= 0.3 is 0 Å². The van der Waals surface area contributed by atoms with Gasteiger partial charge in [0.25, 0.3) is 5.91 Å². The first-order valence-corrected chi connectivity index (χ1v) is 8.65. The van der Waals surface area contributed by atoms with Crippen molar-refractivity contribution in [2.75, 3.05) is 24.0 Å². The number of hydrogen-bond acceptors (Lipinski definition) is 7. The summed E-state index contributed by atoms with van der Waals surface area (Å²) in [4.78, 5) is 11.9. The van der Waals surface area contributed by atoms with E-state index in [1.807, 2.05) is 0 Å². The topological polar surface area (TPSA) is 121 Å². The van der Waals surface area contributed by atoms with Gasteiger partial charge in [0.05, 0.1) is 24.3 Å². The average molecular weight is 336 g/mol. The highest BCUT2D eigenvalue weighted by molar-refractivity contribution is 7.91. The third-order valence-corrected chi connectivity index (χ3v) is 5.04.